The third-order valence-corrected chi connectivity index (χ3v) is 5.67. The lowest BCUT2D eigenvalue weighted by atomic mass is 10.2. The highest BCUT2D eigenvalue weighted by Gasteiger charge is 2.17. The van der Waals surface area contributed by atoms with Crippen molar-refractivity contribution < 1.29 is 14.1 Å². The minimum atomic E-state index is -0.385. The van der Waals surface area contributed by atoms with Crippen LogP contribution in [-0.4, -0.2) is 46.0 Å². The van der Waals surface area contributed by atoms with E-state index in [0.717, 1.165) is 25.3 Å². The van der Waals surface area contributed by atoms with Gasteiger partial charge in [-0.15, -0.1) is 11.8 Å². The molecule has 1 unspecified atom stereocenters. The van der Waals surface area contributed by atoms with E-state index >= 15 is 0 Å². The molecule has 1 aliphatic rings. The number of thioether (sulfide) groups is 1. The summed E-state index contributed by atoms with van der Waals surface area (Å²) < 4.78 is 4.92. The smallest absolute Gasteiger partial charge is 0.238 e. The molecule has 0 aliphatic carbocycles. The van der Waals surface area contributed by atoms with Crippen molar-refractivity contribution in [1.82, 2.24) is 10.1 Å². The number of likely N-dealkylation sites (tertiary alicyclic amines) is 1. The van der Waals surface area contributed by atoms with Crippen molar-refractivity contribution in [2.24, 2.45) is 0 Å². The molecule has 1 aliphatic heterocycles. The normalized spacial score (nSPS) is 15.4. The zero-order chi connectivity index (χ0) is 19.9. The van der Waals surface area contributed by atoms with Crippen LogP contribution in [0, 0.1) is 6.92 Å². The molecule has 0 spiro atoms. The molecular formula is C20H26N4O3S. The summed E-state index contributed by atoms with van der Waals surface area (Å²) in [5, 5.41) is 8.94. The first kappa shape index (κ1) is 20.4. The maximum atomic E-state index is 12.3. The van der Waals surface area contributed by atoms with Gasteiger partial charge in [-0.25, -0.2) is 0 Å². The van der Waals surface area contributed by atoms with Gasteiger partial charge >= 0.3 is 0 Å². The Morgan fingerprint density at radius 3 is 2.75 bits per heavy atom. The Morgan fingerprint density at radius 1 is 1.25 bits per heavy atom. The quantitative estimate of drug-likeness (QED) is 0.705. The second kappa shape index (κ2) is 9.75. The van der Waals surface area contributed by atoms with E-state index in [1.54, 1.807) is 19.9 Å². The molecule has 1 aromatic carbocycles. The summed E-state index contributed by atoms with van der Waals surface area (Å²) in [5.41, 5.74) is 1.99. The Labute approximate surface area is 169 Å². The van der Waals surface area contributed by atoms with E-state index in [1.807, 2.05) is 18.2 Å². The van der Waals surface area contributed by atoms with Gasteiger partial charge in [0.05, 0.1) is 11.0 Å². The topological polar surface area (TPSA) is 87.5 Å². The predicted molar refractivity (Wildman–Crippen MR) is 111 cm³/mol. The Morgan fingerprint density at radius 2 is 2.04 bits per heavy atom. The average molecular weight is 403 g/mol. The summed E-state index contributed by atoms with van der Waals surface area (Å²) in [5.74, 6) is 0.873. The van der Waals surface area contributed by atoms with Crippen LogP contribution >= 0.6 is 11.8 Å². The number of nitrogens with zero attached hydrogens (tertiary/aromatic N) is 2. The Kier molecular flexibility index (Phi) is 7.11. The predicted octanol–water partition coefficient (Wildman–Crippen LogP) is 3.28. The average Bonchev–Trinajstić information content (AvgIpc) is 3.31. The molecule has 2 aromatic rings. The van der Waals surface area contributed by atoms with Gasteiger partial charge in [-0.05, 0) is 57.5 Å². The fourth-order valence-corrected chi connectivity index (χ4v) is 3.76. The van der Waals surface area contributed by atoms with Crippen molar-refractivity contribution in [3.05, 3.63) is 41.7 Å². The summed E-state index contributed by atoms with van der Waals surface area (Å²) in [4.78, 5) is 26.8. The Balaban J connectivity index is 1.43. The third kappa shape index (κ3) is 6.10. The summed E-state index contributed by atoms with van der Waals surface area (Å²) in [6.07, 6.45) is 2.52. The first-order chi connectivity index (χ1) is 13.5. The van der Waals surface area contributed by atoms with Crippen molar-refractivity contribution in [3.63, 3.8) is 0 Å². The number of amides is 2. The number of benzene rings is 1. The van der Waals surface area contributed by atoms with Gasteiger partial charge in [-0.3, -0.25) is 14.5 Å². The van der Waals surface area contributed by atoms with Crippen LogP contribution in [0.3, 0.4) is 0 Å². The number of aryl methyl sites for hydroxylation is 1. The Bertz CT molecular complexity index is 817. The van der Waals surface area contributed by atoms with Crippen LogP contribution < -0.4 is 10.6 Å². The lowest BCUT2D eigenvalue weighted by molar-refractivity contribution is -0.115. The summed E-state index contributed by atoms with van der Waals surface area (Å²) in [7, 11) is 0. The van der Waals surface area contributed by atoms with Crippen molar-refractivity contribution in [3.8, 4) is 0 Å². The maximum absolute atomic E-state index is 12.3. The van der Waals surface area contributed by atoms with Crippen LogP contribution in [0.5, 0.6) is 0 Å². The van der Waals surface area contributed by atoms with Crippen molar-refractivity contribution in [2.75, 3.05) is 29.5 Å². The summed E-state index contributed by atoms with van der Waals surface area (Å²) >= 11 is 1.28. The molecule has 150 valence electrons. The molecule has 2 amide bonds. The van der Waals surface area contributed by atoms with Gasteiger partial charge in [0.15, 0.2) is 5.82 Å². The molecule has 1 saturated heterocycles. The van der Waals surface area contributed by atoms with E-state index in [2.05, 4.69) is 26.8 Å². The number of hydrogen-bond donors (Lipinski definition) is 2. The van der Waals surface area contributed by atoms with E-state index < -0.39 is 0 Å². The summed E-state index contributed by atoms with van der Waals surface area (Å²) in [6, 6.07) is 9.60. The van der Waals surface area contributed by atoms with E-state index in [4.69, 9.17) is 4.52 Å². The molecule has 3 rings (SSSR count). The highest BCUT2D eigenvalue weighted by Crippen LogP contribution is 2.18. The van der Waals surface area contributed by atoms with Crippen LogP contribution in [0.15, 0.2) is 34.9 Å². The van der Waals surface area contributed by atoms with Crippen LogP contribution in [0.2, 0.25) is 0 Å². The van der Waals surface area contributed by atoms with Crippen LogP contribution in [0.4, 0.5) is 11.5 Å². The van der Waals surface area contributed by atoms with Gasteiger partial charge < -0.3 is 15.2 Å². The zero-order valence-electron chi connectivity index (χ0n) is 16.2. The molecule has 1 atom stereocenters. The zero-order valence-corrected chi connectivity index (χ0v) is 17.1. The number of nitrogens with one attached hydrogen (secondary N) is 2. The number of carbonyl (C=O) groups is 2. The van der Waals surface area contributed by atoms with E-state index in [0.29, 0.717) is 11.6 Å². The lowest BCUT2D eigenvalue weighted by Crippen LogP contribution is -2.25. The standard InChI is InChI=1S/C20H26N4O3S/c1-14-10-18(23-27-14)22-20(26)15(2)28-13-19(25)21-17-7-5-6-16(11-17)12-24-8-3-4-9-24/h5-7,10-11,15H,3-4,8-9,12-13H2,1-2H3,(H,21,25)(H,22,23,26). The molecule has 8 heteroatoms. The van der Waals surface area contributed by atoms with Gasteiger partial charge in [0.2, 0.25) is 11.8 Å². The SMILES string of the molecule is Cc1cc(NC(=O)C(C)SCC(=O)Nc2cccc(CN3CCCC3)c2)no1. The second-order valence-corrected chi connectivity index (χ2v) is 8.33. The van der Waals surface area contributed by atoms with Crippen molar-refractivity contribution in [1.29, 1.82) is 0 Å². The van der Waals surface area contributed by atoms with Crippen LogP contribution in [0.1, 0.15) is 31.1 Å². The largest absolute Gasteiger partial charge is 0.360 e. The van der Waals surface area contributed by atoms with Crippen molar-refractivity contribution >= 4 is 35.1 Å². The minimum absolute atomic E-state index is 0.125. The van der Waals surface area contributed by atoms with Crippen LogP contribution in [0.25, 0.3) is 0 Å². The minimum Gasteiger partial charge on any atom is -0.360 e. The number of anilines is 2. The van der Waals surface area contributed by atoms with Crippen LogP contribution in [-0.2, 0) is 16.1 Å². The lowest BCUT2D eigenvalue weighted by Gasteiger charge is -2.15. The number of aromatic nitrogens is 1. The van der Waals surface area contributed by atoms with Gasteiger partial charge in [-0.2, -0.15) is 0 Å². The molecule has 7 nitrogen and oxygen atoms in total. The molecule has 1 fully saturated rings. The maximum Gasteiger partial charge on any atom is 0.238 e. The van der Waals surface area contributed by atoms with E-state index in [-0.39, 0.29) is 22.8 Å². The molecule has 28 heavy (non-hydrogen) atoms. The molecule has 2 heterocycles. The number of rotatable bonds is 8. The highest BCUT2D eigenvalue weighted by molar-refractivity contribution is 8.01. The molecule has 0 bridgehead atoms. The molecule has 0 saturated carbocycles. The highest BCUT2D eigenvalue weighted by atomic mass is 32.2. The van der Waals surface area contributed by atoms with Gasteiger partial charge in [0, 0.05) is 18.3 Å². The fraction of sp³-hybridized carbons (Fsp3) is 0.450. The summed E-state index contributed by atoms with van der Waals surface area (Å²) in [6.45, 7) is 6.71. The van der Waals surface area contributed by atoms with Gasteiger partial charge in [0.1, 0.15) is 5.76 Å². The fourth-order valence-electron chi connectivity index (χ4n) is 3.07. The third-order valence-electron chi connectivity index (χ3n) is 4.53. The number of hydrogen-bond acceptors (Lipinski definition) is 6. The van der Waals surface area contributed by atoms with E-state index in [9.17, 15) is 9.59 Å². The molecule has 0 radical (unpaired) electrons. The number of carbonyl (C=O) groups excluding carboxylic acids is 2. The van der Waals surface area contributed by atoms with Gasteiger partial charge in [-0.1, -0.05) is 17.3 Å². The first-order valence-electron chi connectivity index (χ1n) is 9.46. The second-order valence-electron chi connectivity index (χ2n) is 7.00. The van der Waals surface area contributed by atoms with Gasteiger partial charge in [0.25, 0.3) is 0 Å². The van der Waals surface area contributed by atoms with E-state index in [1.165, 1.54) is 30.2 Å². The monoisotopic (exact) mass is 402 g/mol. The Hall–Kier alpha value is -2.32. The molecule has 2 N–H and O–H groups in total. The molecule has 1 aromatic heterocycles. The first-order valence-corrected chi connectivity index (χ1v) is 10.5. The van der Waals surface area contributed by atoms with Crippen molar-refractivity contribution in [2.45, 2.75) is 38.5 Å². The molecular weight excluding hydrogens is 376 g/mol.